The van der Waals surface area contributed by atoms with Crippen molar-refractivity contribution in [3.63, 3.8) is 0 Å². The molecule has 1 aliphatic rings. The van der Waals surface area contributed by atoms with E-state index in [1.165, 1.54) is 0 Å². The number of carbonyl (C=O) groups excluding carboxylic acids is 1. The summed E-state index contributed by atoms with van der Waals surface area (Å²) in [5.74, 6) is 0.189. The van der Waals surface area contributed by atoms with Gasteiger partial charge in [0, 0.05) is 31.5 Å². The third-order valence-corrected chi connectivity index (χ3v) is 3.32. The second kappa shape index (κ2) is 5.36. The van der Waals surface area contributed by atoms with Gasteiger partial charge in [-0.05, 0) is 31.9 Å². The molecule has 0 saturated carbocycles. The molecule has 2 rings (SSSR count). The normalized spacial score (nSPS) is 15.9. The molecule has 1 aromatic rings. The molecule has 17 heavy (non-hydrogen) atoms. The zero-order valence-electron chi connectivity index (χ0n) is 10.7. The van der Waals surface area contributed by atoms with Gasteiger partial charge in [-0.25, -0.2) is 0 Å². The van der Waals surface area contributed by atoms with E-state index in [4.69, 9.17) is 0 Å². The SMILES string of the molecule is CCNCCN1CCCc2[nH]cc(C)c2C1=O. The Bertz CT molecular complexity index is 397. The number of amides is 1. The van der Waals surface area contributed by atoms with Gasteiger partial charge in [0.25, 0.3) is 5.91 Å². The molecular formula is C13H21N3O. The minimum absolute atomic E-state index is 0.189. The molecule has 2 heterocycles. The lowest BCUT2D eigenvalue weighted by atomic mass is 10.1. The number of aryl methyl sites for hydroxylation is 2. The molecule has 0 saturated heterocycles. The first-order valence-corrected chi connectivity index (χ1v) is 6.41. The second-order valence-corrected chi connectivity index (χ2v) is 4.57. The Kier molecular flexibility index (Phi) is 3.84. The first-order valence-electron chi connectivity index (χ1n) is 6.41. The number of hydrogen-bond acceptors (Lipinski definition) is 2. The van der Waals surface area contributed by atoms with Crippen LogP contribution >= 0.6 is 0 Å². The first-order chi connectivity index (χ1) is 8.24. The average Bonchev–Trinajstić information content (AvgIpc) is 2.60. The van der Waals surface area contributed by atoms with Gasteiger partial charge in [0.15, 0.2) is 0 Å². The molecule has 0 fully saturated rings. The number of H-pyrrole nitrogens is 1. The molecular weight excluding hydrogens is 214 g/mol. The summed E-state index contributed by atoms with van der Waals surface area (Å²) in [6.07, 6.45) is 3.97. The zero-order valence-corrected chi connectivity index (χ0v) is 10.7. The number of aromatic amines is 1. The van der Waals surface area contributed by atoms with Gasteiger partial charge < -0.3 is 15.2 Å². The third kappa shape index (κ3) is 2.52. The lowest BCUT2D eigenvalue weighted by Gasteiger charge is -2.21. The van der Waals surface area contributed by atoms with Crippen LogP contribution in [0.5, 0.6) is 0 Å². The number of rotatable bonds is 4. The fourth-order valence-electron chi connectivity index (χ4n) is 2.38. The monoisotopic (exact) mass is 235 g/mol. The lowest BCUT2D eigenvalue weighted by molar-refractivity contribution is 0.0762. The van der Waals surface area contributed by atoms with Crippen molar-refractivity contribution in [1.82, 2.24) is 15.2 Å². The van der Waals surface area contributed by atoms with Gasteiger partial charge in [0.05, 0.1) is 5.56 Å². The van der Waals surface area contributed by atoms with Crippen LogP contribution in [0.2, 0.25) is 0 Å². The summed E-state index contributed by atoms with van der Waals surface area (Å²) >= 11 is 0. The Morgan fingerprint density at radius 3 is 3.12 bits per heavy atom. The number of nitrogens with one attached hydrogen (secondary N) is 2. The van der Waals surface area contributed by atoms with Crippen LogP contribution in [0.1, 0.15) is 35.0 Å². The van der Waals surface area contributed by atoms with Crippen LogP contribution in [0.25, 0.3) is 0 Å². The number of hydrogen-bond donors (Lipinski definition) is 2. The molecule has 1 aliphatic heterocycles. The highest BCUT2D eigenvalue weighted by atomic mass is 16.2. The van der Waals surface area contributed by atoms with Crippen molar-refractivity contribution in [1.29, 1.82) is 0 Å². The highest BCUT2D eigenvalue weighted by Gasteiger charge is 2.24. The molecule has 0 bridgehead atoms. The van der Waals surface area contributed by atoms with E-state index in [1.54, 1.807) is 0 Å². The van der Waals surface area contributed by atoms with Crippen LogP contribution in [0.4, 0.5) is 0 Å². The van der Waals surface area contributed by atoms with Crippen LogP contribution in [0.3, 0.4) is 0 Å². The number of likely N-dealkylation sites (N-methyl/N-ethyl adjacent to an activating group) is 1. The predicted octanol–water partition coefficient (Wildman–Crippen LogP) is 1.32. The van der Waals surface area contributed by atoms with Crippen molar-refractivity contribution >= 4 is 5.91 Å². The number of carbonyl (C=O) groups is 1. The Morgan fingerprint density at radius 2 is 2.35 bits per heavy atom. The van der Waals surface area contributed by atoms with Gasteiger partial charge in [-0.2, -0.15) is 0 Å². The average molecular weight is 235 g/mol. The second-order valence-electron chi connectivity index (χ2n) is 4.57. The van der Waals surface area contributed by atoms with Crippen molar-refractivity contribution in [2.45, 2.75) is 26.7 Å². The van der Waals surface area contributed by atoms with Gasteiger partial charge in [0.2, 0.25) is 0 Å². The Labute approximate surface area is 102 Å². The van der Waals surface area contributed by atoms with E-state index >= 15 is 0 Å². The van der Waals surface area contributed by atoms with Crippen molar-refractivity contribution in [2.75, 3.05) is 26.2 Å². The summed E-state index contributed by atoms with van der Waals surface area (Å²) in [6.45, 7) is 7.58. The van der Waals surface area contributed by atoms with E-state index in [2.05, 4.69) is 17.2 Å². The predicted molar refractivity (Wildman–Crippen MR) is 68.3 cm³/mol. The fraction of sp³-hybridized carbons (Fsp3) is 0.615. The largest absolute Gasteiger partial charge is 0.364 e. The lowest BCUT2D eigenvalue weighted by Crippen LogP contribution is -2.37. The Hall–Kier alpha value is -1.29. The molecule has 0 aliphatic carbocycles. The van der Waals surface area contributed by atoms with Gasteiger partial charge in [-0.1, -0.05) is 6.92 Å². The van der Waals surface area contributed by atoms with E-state index in [9.17, 15) is 4.79 Å². The van der Waals surface area contributed by atoms with Crippen LogP contribution < -0.4 is 5.32 Å². The van der Waals surface area contributed by atoms with Gasteiger partial charge >= 0.3 is 0 Å². The van der Waals surface area contributed by atoms with E-state index < -0.39 is 0 Å². The smallest absolute Gasteiger partial charge is 0.255 e. The van der Waals surface area contributed by atoms with Crippen molar-refractivity contribution in [3.8, 4) is 0 Å². The minimum atomic E-state index is 0.189. The Morgan fingerprint density at radius 1 is 1.53 bits per heavy atom. The van der Waals surface area contributed by atoms with E-state index in [0.29, 0.717) is 0 Å². The quantitative estimate of drug-likeness (QED) is 0.773. The molecule has 0 spiro atoms. The standard InChI is InChI=1S/C13H21N3O/c1-3-14-6-8-16-7-4-5-11-12(13(16)17)10(2)9-15-11/h9,14-15H,3-8H2,1-2H3. The molecule has 2 N–H and O–H groups in total. The summed E-state index contributed by atoms with van der Waals surface area (Å²) in [7, 11) is 0. The highest BCUT2D eigenvalue weighted by Crippen LogP contribution is 2.20. The molecule has 0 aromatic carbocycles. The summed E-state index contributed by atoms with van der Waals surface area (Å²) in [5, 5.41) is 3.27. The summed E-state index contributed by atoms with van der Waals surface area (Å²) in [4.78, 5) is 17.6. The van der Waals surface area contributed by atoms with Crippen LogP contribution in [-0.2, 0) is 6.42 Å². The maximum Gasteiger partial charge on any atom is 0.255 e. The minimum Gasteiger partial charge on any atom is -0.364 e. The number of fused-ring (bicyclic) bond motifs is 1. The molecule has 94 valence electrons. The van der Waals surface area contributed by atoms with Crippen molar-refractivity contribution in [2.24, 2.45) is 0 Å². The summed E-state index contributed by atoms with van der Waals surface area (Å²) < 4.78 is 0. The van der Waals surface area contributed by atoms with Gasteiger partial charge in [-0.3, -0.25) is 4.79 Å². The van der Waals surface area contributed by atoms with Crippen LogP contribution in [-0.4, -0.2) is 42.0 Å². The molecule has 0 unspecified atom stereocenters. The van der Waals surface area contributed by atoms with Crippen LogP contribution in [0, 0.1) is 6.92 Å². The topological polar surface area (TPSA) is 48.1 Å². The zero-order chi connectivity index (χ0) is 12.3. The summed E-state index contributed by atoms with van der Waals surface area (Å²) in [5.41, 5.74) is 3.08. The number of nitrogens with zero attached hydrogens (tertiary/aromatic N) is 1. The Balaban J connectivity index is 2.11. The highest BCUT2D eigenvalue weighted by molar-refractivity contribution is 5.97. The van der Waals surface area contributed by atoms with Gasteiger partial charge in [0.1, 0.15) is 0 Å². The maximum absolute atomic E-state index is 12.4. The molecule has 0 atom stereocenters. The first kappa shape index (κ1) is 12.2. The maximum atomic E-state index is 12.4. The molecule has 1 amide bonds. The third-order valence-electron chi connectivity index (χ3n) is 3.32. The van der Waals surface area contributed by atoms with Gasteiger partial charge in [-0.15, -0.1) is 0 Å². The van der Waals surface area contributed by atoms with Crippen molar-refractivity contribution in [3.05, 3.63) is 23.0 Å². The van der Waals surface area contributed by atoms with E-state index in [1.807, 2.05) is 18.0 Å². The van der Waals surface area contributed by atoms with E-state index in [-0.39, 0.29) is 5.91 Å². The molecule has 1 aromatic heterocycles. The molecule has 0 radical (unpaired) electrons. The molecule has 4 nitrogen and oxygen atoms in total. The number of aromatic nitrogens is 1. The fourth-order valence-corrected chi connectivity index (χ4v) is 2.38. The van der Waals surface area contributed by atoms with Crippen molar-refractivity contribution < 1.29 is 4.79 Å². The van der Waals surface area contributed by atoms with Crippen LogP contribution in [0.15, 0.2) is 6.20 Å². The summed E-state index contributed by atoms with van der Waals surface area (Å²) in [6, 6.07) is 0. The van der Waals surface area contributed by atoms with E-state index in [0.717, 1.165) is 55.8 Å². The molecule has 4 heteroatoms.